The zero-order chi connectivity index (χ0) is 11.3. The molecular formula is C12H17ClO2. The van der Waals surface area contributed by atoms with Crippen LogP contribution in [0.5, 0.6) is 11.5 Å². The molecule has 0 radical (unpaired) electrons. The minimum absolute atomic E-state index is 0.226. The molecule has 3 heteroatoms. The molecule has 0 aliphatic rings. The number of hydrogen-bond donors (Lipinski definition) is 0. The van der Waals surface area contributed by atoms with Gasteiger partial charge in [-0.1, -0.05) is 0 Å². The van der Waals surface area contributed by atoms with Crippen molar-refractivity contribution >= 4 is 11.6 Å². The van der Waals surface area contributed by atoms with Crippen LogP contribution in [0.2, 0.25) is 0 Å². The molecule has 0 saturated carbocycles. The number of alkyl halides is 1. The molecule has 1 aromatic rings. The van der Waals surface area contributed by atoms with E-state index in [9.17, 15) is 0 Å². The minimum atomic E-state index is -0.226. The van der Waals surface area contributed by atoms with Crippen molar-refractivity contribution in [1.29, 1.82) is 0 Å². The quantitative estimate of drug-likeness (QED) is 0.719. The lowest BCUT2D eigenvalue weighted by Crippen LogP contribution is -2.28. The van der Waals surface area contributed by atoms with Crippen molar-refractivity contribution in [2.75, 3.05) is 13.0 Å². The molecule has 0 fully saturated rings. The molecule has 2 nitrogen and oxygen atoms in total. The lowest BCUT2D eigenvalue weighted by atomic mass is 10.1. The number of benzene rings is 1. The highest BCUT2D eigenvalue weighted by atomic mass is 35.5. The molecular weight excluding hydrogens is 212 g/mol. The molecule has 0 unspecified atom stereocenters. The molecule has 1 rings (SSSR count). The first-order valence-electron chi connectivity index (χ1n) is 4.96. The third-order valence-electron chi connectivity index (χ3n) is 2.15. The molecule has 0 saturated heterocycles. The number of rotatable bonds is 5. The minimum Gasteiger partial charge on any atom is -0.497 e. The smallest absolute Gasteiger partial charge is 0.120 e. The largest absolute Gasteiger partial charge is 0.497 e. The lowest BCUT2D eigenvalue weighted by Gasteiger charge is -2.25. The zero-order valence-electron chi connectivity index (χ0n) is 9.42. The van der Waals surface area contributed by atoms with E-state index in [1.54, 1.807) is 7.11 Å². The maximum atomic E-state index is 5.80. The maximum Gasteiger partial charge on any atom is 0.120 e. The Balaban J connectivity index is 2.64. The summed E-state index contributed by atoms with van der Waals surface area (Å²) in [6.07, 6.45) is 0.820. The monoisotopic (exact) mass is 228 g/mol. The molecule has 0 aliphatic carbocycles. The normalized spacial score (nSPS) is 11.2. The topological polar surface area (TPSA) is 18.5 Å². The van der Waals surface area contributed by atoms with Crippen LogP contribution in [0.3, 0.4) is 0 Å². The first-order chi connectivity index (χ1) is 7.07. The first kappa shape index (κ1) is 12.2. The third-order valence-corrected chi connectivity index (χ3v) is 2.34. The van der Waals surface area contributed by atoms with Gasteiger partial charge in [0.1, 0.15) is 17.1 Å². The summed E-state index contributed by atoms with van der Waals surface area (Å²) in [5.74, 6) is 2.27. The van der Waals surface area contributed by atoms with Crippen LogP contribution in [0.1, 0.15) is 20.3 Å². The van der Waals surface area contributed by atoms with E-state index in [4.69, 9.17) is 21.1 Å². The average molecular weight is 229 g/mol. The van der Waals surface area contributed by atoms with Crippen molar-refractivity contribution in [1.82, 2.24) is 0 Å². The SMILES string of the molecule is COc1ccc(OC(C)(C)CCCl)cc1. The Labute approximate surface area is 96.2 Å². The summed E-state index contributed by atoms with van der Waals surface area (Å²) in [7, 11) is 1.65. The van der Waals surface area contributed by atoms with Gasteiger partial charge < -0.3 is 9.47 Å². The second-order valence-electron chi connectivity index (χ2n) is 3.98. The summed E-state index contributed by atoms with van der Waals surface area (Å²) in [5.41, 5.74) is -0.226. The summed E-state index contributed by atoms with van der Waals surface area (Å²) in [6.45, 7) is 4.05. The van der Waals surface area contributed by atoms with Crippen molar-refractivity contribution in [3.05, 3.63) is 24.3 Å². The van der Waals surface area contributed by atoms with Crippen LogP contribution < -0.4 is 9.47 Å². The molecule has 0 heterocycles. The lowest BCUT2D eigenvalue weighted by molar-refractivity contribution is 0.106. The molecule has 15 heavy (non-hydrogen) atoms. The van der Waals surface area contributed by atoms with Gasteiger partial charge in [-0.25, -0.2) is 0 Å². The van der Waals surface area contributed by atoms with Crippen molar-refractivity contribution in [3.63, 3.8) is 0 Å². The molecule has 0 bridgehead atoms. The Bertz CT molecular complexity index is 293. The van der Waals surface area contributed by atoms with Gasteiger partial charge in [-0.2, -0.15) is 0 Å². The maximum absolute atomic E-state index is 5.80. The van der Waals surface area contributed by atoms with Crippen LogP contribution in [0.25, 0.3) is 0 Å². The Morgan fingerprint density at radius 1 is 1.13 bits per heavy atom. The average Bonchev–Trinajstić information content (AvgIpc) is 2.18. The Morgan fingerprint density at radius 2 is 1.67 bits per heavy atom. The number of hydrogen-bond acceptors (Lipinski definition) is 2. The van der Waals surface area contributed by atoms with E-state index >= 15 is 0 Å². The van der Waals surface area contributed by atoms with Gasteiger partial charge in [-0.05, 0) is 38.1 Å². The molecule has 0 amide bonds. The predicted octanol–water partition coefficient (Wildman–Crippen LogP) is 3.48. The Hall–Kier alpha value is -0.890. The highest BCUT2D eigenvalue weighted by Gasteiger charge is 2.18. The number of methoxy groups -OCH3 is 1. The van der Waals surface area contributed by atoms with Gasteiger partial charge in [0.15, 0.2) is 0 Å². The van der Waals surface area contributed by atoms with Crippen molar-refractivity contribution < 1.29 is 9.47 Å². The Kier molecular flexibility index (Phi) is 4.28. The second-order valence-corrected chi connectivity index (χ2v) is 4.35. The molecule has 0 atom stereocenters. The molecule has 0 aromatic heterocycles. The van der Waals surface area contributed by atoms with Crippen LogP contribution >= 0.6 is 11.6 Å². The predicted molar refractivity (Wildman–Crippen MR) is 63.0 cm³/mol. The molecule has 0 N–H and O–H groups in total. The standard InChI is InChI=1S/C12H17ClO2/c1-12(2,8-9-13)15-11-6-4-10(14-3)5-7-11/h4-7H,8-9H2,1-3H3. The number of ether oxygens (including phenoxy) is 2. The van der Waals surface area contributed by atoms with Gasteiger partial charge in [0.25, 0.3) is 0 Å². The van der Waals surface area contributed by atoms with E-state index in [2.05, 4.69) is 0 Å². The molecule has 1 aromatic carbocycles. The van der Waals surface area contributed by atoms with E-state index in [0.717, 1.165) is 17.9 Å². The van der Waals surface area contributed by atoms with E-state index in [1.165, 1.54) is 0 Å². The molecule has 0 spiro atoms. The fraction of sp³-hybridized carbons (Fsp3) is 0.500. The third kappa shape index (κ3) is 4.00. The van der Waals surface area contributed by atoms with Crippen LogP contribution in [0.15, 0.2) is 24.3 Å². The van der Waals surface area contributed by atoms with Gasteiger partial charge in [0.05, 0.1) is 7.11 Å². The summed E-state index contributed by atoms with van der Waals surface area (Å²) in [4.78, 5) is 0. The summed E-state index contributed by atoms with van der Waals surface area (Å²) >= 11 is 5.70. The molecule has 84 valence electrons. The number of halogens is 1. The Morgan fingerprint density at radius 3 is 2.13 bits per heavy atom. The molecule has 0 aliphatic heterocycles. The van der Waals surface area contributed by atoms with Gasteiger partial charge in [0.2, 0.25) is 0 Å². The van der Waals surface area contributed by atoms with E-state index in [0.29, 0.717) is 5.88 Å². The second kappa shape index (κ2) is 5.26. The first-order valence-corrected chi connectivity index (χ1v) is 5.50. The van der Waals surface area contributed by atoms with E-state index in [-0.39, 0.29) is 5.60 Å². The zero-order valence-corrected chi connectivity index (χ0v) is 10.2. The van der Waals surface area contributed by atoms with Gasteiger partial charge in [0, 0.05) is 12.3 Å². The van der Waals surface area contributed by atoms with Crippen molar-refractivity contribution in [3.8, 4) is 11.5 Å². The van der Waals surface area contributed by atoms with Crippen LogP contribution in [0, 0.1) is 0 Å². The van der Waals surface area contributed by atoms with E-state index < -0.39 is 0 Å². The summed E-state index contributed by atoms with van der Waals surface area (Å²) < 4.78 is 10.9. The van der Waals surface area contributed by atoms with Crippen LogP contribution in [-0.2, 0) is 0 Å². The summed E-state index contributed by atoms with van der Waals surface area (Å²) in [6, 6.07) is 7.56. The fourth-order valence-electron chi connectivity index (χ4n) is 1.24. The fourth-order valence-corrected chi connectivity index (χ4v) is 1.70. The van der Waals surface area contributed by atoms with E-state index in [1.807, 2.05) is 38.1 Å². The van der Waals surface area contributed by atoms with Gasteiger partial charge in [-0.15, -0.1) is 11.6 Å². The van der Waals surface area contributed by atoms with Crippen LogP contribution in [0.4, 0.5) is 0 Å². The summed E-state index contributed by atoms with van der Waals surface area (Å²) in [5, 5.41) is 0. The van der Waals surface area contributed by atoms with Gasteiger partial charge >= 0.3 is 0 Å². The highest BCUT2D eigenvalue weighted by Crippen LogP contribution is 2.23. The van der Waals surface area contributed by atoms with Crippen LogP contribution in [-0.4, -0.2) is 18.6 Å². The van der Waals surface area contributed by atoms with Gasteiger partial charge in [-0.3, -0.25) is 0 Å². The van der Waals surface area contributed by atoms with Crippen molar-refractivity contribution in [2.24, 2.45) is 0 Å². The van der Waals surface area contributed by atoms with Crippen molar-refractivity contribution in [2.45, 2.75) is 25.9 Å². The highest BCUT2D eigenvalue weighted by molar-refractivity contribution is 6.17.